The molecule has 10 aromatic rings. The molecule has 1 N–H and O–H groups in total. The fraction of sp³-hybridized carbons (Fsp3) is 0.0200. The first kappa shape index (κ1) is 31.9. The summed E-state index contributed by atoms with van der Waals surface area (Å²) in [6.07, 6.45) is -0.289. The highest BCUT2D eigenvalue weighted by molar-refractivity contribution is 6.11. The Balaban J connectivity index is 1.20. The minimum absolute atomic E-state index is 0.289. The highest BCUT2D eigenvalue weighted by Crippen LogP contribution is 2.45. The first-order valence-electron chi connectivity index (χ1n) is 19.0. The Kier molecular flexibility index (Phi) is 7.45. The average Bonchev–Trinajstić information content (AvgIpc) is 3.81. The van der Waals surface area contributed by atoms with Crippen molar-refractivity contribution < 1.29 is 0 Å². The Morgan fingerprint density at radius 1 is 0.393 bits per heavy atom. The van der Waals surface area contributed by atoms with E-state index in [0.29, 0.717) is 0 Å². The number of anilines is 7. The molecule has 266 valence electrons. The number of benzene rings is 8. The van der Waals surface area contributed by atoms with E-state index < -0.39 is 0 Å². The molecular weight excluding hydrogens is 685 g/mol. The number of para-hydroxylation sites is 7. The van der Waals surface area contributed by atoms with Crippen molar-refractivity contribution in [2.75, 3.05) is 15.1 Å². The van der Waals surface area contributed by atoms with E-state index >= 15 is 0 Å². The third-order valence-corrected chi connectivity index (χ3v) is 10.9. The van der Waals surface area contributed by atoms with Crippen LogP contribution in [0.2, 0.25) is 0 Å². The number of fused-ring (bicyclic) bond motifs is 8. The number of rotatable bonds is 7. The second kappa shape index (κ2) is 13.1. The van der Waals surface area contributed by atoms with Gasteiger partial charge in [-0.1, -0.05) is 97.1 Å². The van der Waals surface area contributed by atoms with Crippen LogP contribution < -0.4 is 15.1 Å². The standard InChI is InChI=1S/C50H36N6/c1-5-17-35(18-6-1)53(36-19-7-2-8-20-36)39-29-31-46-42(33-39)43-34-40(54(37-21-9-3-10-22-37)38-23-11-4-12-24-38)30-32-47(43)55(46)50-52-44-26-14-13-25-41(44)49-51-45-27-15-16-28-48(45)56(49)50/h1-34,50,52H. The Hall–Kier alpha value is -7.57. The summed E-state index contributed by atoms with van der Waals surface area (Å²) in [6.45, 7) is 0. The number of nitrogens with one attached hydrogen (secondary N) is 1. The number of imidazole rings is 1. The first-order chi connectivity index (χ1) is 27.8. The van der Waals surface area contributed by atoms with E-state index in [1.54, 1.807) is 0 Å². The lowest BCUT2D eigenvalue weighted by atomic mass is 10.1. The summed E-state index contributed by atoms with van der Waals surface area (Å²) >= 11 is 0. The van der Waals surface area contributed by atoms with Crippen molar-refractivity contribution in [3.8, 4) is 11.4 Å². The molecule has 11 rings (SSSR count). The smallest absolute Gasteiger partial charge is 0.188 e. The van der Waals surface area contributed by atoms with Gasteiger partial charge in [-0.15, -0.1) is 0 Å². The molecule has 0 radical (unpaired) electrons. The SMILES string of the molecule is c1ccc(N(c2ccccc2)c2ccc3c(c2)c2cc(N(c4ccccc4)c4ccccc4)ccc2n3C2Nc3ccccc3-c3nc4ccccc4n32)cc1. The van der Waals surface area contributed by atoms with Crippen LogP contribution in [0.4, 0.5) is 39.8 Å². The van der Waals surface area contributed by atoms with Crippen molar-refractivity contribution in [3.63, 3.8) is 0 Å². The van der Waals surface area contributed by atoms with Gasteiger partial charge in [0.2, 0.25) is 0 Å². The van der Waals surface area contributed by atoms with E-state index in [9.17, 15) is 0 Å². The van der Waals surface area contributed by atoms with E-state index in [0.717, 1.165) is 84.0 Å². The van der Waals surface area contributed by atoms with Crippen LogP contribution in [0.15, 0.2) is 206 Å². The molecule has 2 aromatic heterocycles. The first-order valence-corrected chi connectivity index (χ1v) is 19.0. The van der Waals surface area contributed by atoms with Crippen LogP contribution in [0, 0.1) is 0 Å². The molecule has 0 saturated heterocycles. The van der Waals surface area contributed by atoms with Crippen LogP contribution in [-0.4, -0.2) is 14.1 Å². The molecule has 0 aliphatic carbocycles. The van der Waals surface area contributed by atoms with Crippen molar-refractivity contribution in [1.29, 1.82) is 0 Å². The van der Waals surface area contributed by atoms with Crippen LogP contribution in [-0.2, 0) is 0 Å². The summed E-state index contributed by atoms with van der Waals surface area (Å²) in [6, 6.07) is 73.2. The molecule has 1 atom stereocenters. The Labute approximate surface area is 324 Å². The molecule has 0 bridgehead atoms. The summed E-state index contributed by atoms with van der Waals surface area (Å²) < 4.78 is 4.81. The van der Waals surface area contributed by atoms with Gasteiger partial charge in [-0.3, -0.25) is 4.57 Å². The zero-order chi connectivity index (χ0) is 37.0. The highest BCUT2D eigenvalue weighted by Gasteiger charge is 2.31. The summed E-state index contributed by atoms with van der Waals surface area (Å²) in [5.74, 6) is 0.951. The zero-order valence-corrected chi connectivity index (χ0v) is 30.4. The molecular formula is C50H36N6. The lowest BCUT2D eigenvalue weighted by Gasteiger charge is -2.32. The molecule has 6 nitrogen and oxygen atoms in total. The molecule has 0 spiro atoms. The lowest BCUT2D eigenvalue weighted by molar-refractivity contribution is 0.520. The van der Waals surface area contributed by atoms with E-state index in [-0.39, 0.29) is 6.29 Å². The minimum atomic E-state index is -0.289. The fourth-order valence-corrected chi connectivity index (χ4v) is 8.44. The van der Waals surface area contributed by atoms with E-state index in [4.69, 9.17) is 4.98 Å². The number of hydrogen-bond acceptors (Lipinski definition) is 4. The van der Waals surface area contributed by atoms with Crippen molar-refractivity contribution in [2.24, 2.45) is 0 Å². The van der Waals surface area contributed by atoms with Crippen LogP contribution in [0.3, 0.4) is 0 Å². The summed E-state index contributed by atoms with van der Waals surface area (Å²) in [7, 11) is 0. The van der Waals surface area contributed by atoms with E-state index in [1.165, 1.54) is 0 Å². The van der Waals surface area contributed by atoms with E-state index in [1.807, 2.05) is 0 Å². The summed E-state index contributed by atoms with van der Waals surface area (Å²) in [5.41, 5.74) is 13.0. The van der Waals surface area contributed by atoms with Crippen molar-refractivity contribution in [1.82, 2.24) is 14.1 Å². The molecule has 1 aliphatic rings. The van der Waals surface area contributed by atoms with Crippen LogP contribution in [0.1, 0.15) is 6.29 Å². The molecule has 3 heterocycles. The largest absolute Gasteiger partial charge is 0.347 e. The maximum atomic E-state index is 5.22. The molecule has 1 aliphatic heterocycles. The predicted octanol–water partition coefficient (Wildman–Crippen LogP) is 13.2. The van der Waals surface area contributed by atoms with Crippen molar-refractivity contribution in [2.45, 2.75) is 6.29 Å². The van der Waals surface area contributed by atoms with Gasteiger partial charge in [0.05, 0.1) is 22.1 Å². The van der Waals surface area contributed by atoms with Crippen LogP contribution in [0.25, 0.3) is 44.2 Å². The normalized spacial score (nSPS) is 13.3. The summed E-state index contributed by atoms with van der Waals surface area (Å²) in [5, 5.41) is 6.27. The fourth-order valence-electron chi connectivity index (χ4n) is 8.44. The Morgan fingerprint density at radius 3 is 1.36 bits per heavy atom. The highest BCUT2D eigenvalue weighted by atomic mass is 15.4. The molecule has 56 heavy (non-hydrogen) atoms. The van der Waals surface area contributed by atoms with Gasteiger partial charge < -0.3 is 19.7 Å². The Bertz CT molecular complexity index is 2790. The van der Waals surface area contributed by atoms with Crippen LogP contribution in [0.5, 0.6) is 0 Å². The topological polar surface area (TPSA) is 41.3 Å². The van der Waals surface area contributed by atoms with Gasteiger partial charge in [0, 0.05) is 56.1 Å². The molecule has 8 aromatic carbocycles. The molecule has 6 heteroatoms. The van der Waals surface area contributed by atoms with Gasteiger partial charge in [0.25, 0.3) is 0 Å². The molecule has 0 fully saturated rings. The molecule has 0 saturated carbocycles. The van der Waals surface area contributed by atoms with E-state index in [2.05, 4.69) is 231 Å². The maximum absolute atomic E-state index is 5.22. The Morgan fingerprint density at radius 2 is 0.839 bits per heavy atom. The summed E-state index contributed by atoms with van der Waals surface area (Å²) in [4.78, 5) is 9.89. The average molecular weight is 721 g/mol. The maximum Gasteiger partial charge on any atom is 0.188 e. The number of nitrogens with zero attached hydrogens (tertiary/aromatic N) is 5. The van der Waals surface area contributed by atoms with Gasteiger partial charge in [-0.25, -0.2) is 4.98 Å². The van der Waals surface area contributed by atoms with Gasteiger partial charge >= 0.3 is 0 Å². The third-order valence-electron chi connectivity index (χ3n) is 10.9. The lowest BCUT2D eigenvalue weighted by Crippen LogP contribution is -2.29. The molecule has 1 unspecified atom stereocenters. The monoisotopic (exact) mass is 720 g/mol. The number of hydrogen-bond donors (Lipinski definition) is 1. The molecule has 0 amide bonds. The van der Waals surface area contributed by atoms with Crippen molar-refractivity contribution >= 4 is 72.7 Å². The van der Waals surface area contributed by atoms with Crippen molar-refractivity contribution in [3.05, 3.63) is 206 Å². The van der Waals surface area contributed by atoms with Gasteiger partial charge in [-0.05, 0) is 109 Å². The van der Waals surface area contributed by atoms with Crippen LogP contribution >= 0.6 is 0 Å². The quantitative estimate of drug-likeness (QED) is 0.178. The number of aromatic nitrogens is 3. The predicted molar refractivity (Wildman–Crippen MR) is 232 cm³/mol. The van der Waals surface area contributed by atoms with Gasteiger partial charge in [-0.2, -0.15) is 0 Å². The second-order valence-corrected chi connectivity index (χ2v) is 14.1. The van der Waals surface area contributed by atoms with Gasteiger partial charge in [0.1, 0.15) is 5.82 Å². The third kappa shape index (κ3) is 5.15. The zero-order valence-electron chi connectivity index (χ0n) is 30.4. The minimum Gasteiger partial charge on any atom is -0.347 e. The second-order valence-electron chi connectivity index (χ2n) is 14.1. The van der Waals surface area contributed by atoms with Gasteiger partial charge in [0.15, 0.2) is 6.29 Å².